The fourth-order valence-electron chi connectivity index (χ4n) is 5.04. The van der Waals surface area contributed by atoms with Crippen LogP contribution < -0.4 is 4.52 Å². The number of halogens is 6. The van der Waals surface area contributed by atoms with Crippen LogP contribution in [0.2, 0.25) is 0 Å². The number of fused-ring (bicyclic) bond motifs is 1. The van der Waals surface area contributed by atoms with Gasteiger partial charge in [0.2, 0.25) is 0 Å². The Hall–Kier alpha value is -4.00. The molecule has 9 nitrogen and oxygen atoms in total. The molecule has 0 saturated carbocycles. The summed E-state index contributed by atoms with van der Waals surface area (Å²) in [6.07, 6.45) is -3.90. The molecule has 4 aromatic carbocycles. The molecule has 2 unspecified atom stereocenters. The van der Waals surface area contributed by atoms with Gasteiger partial charge in [0.15, 0.2) is 11.6 Å². The van der Waals surface area contributed by atoms with E-state index in [0.717, 1.165) is 36.4 Å². The minimum atomic E-state index is -5.86. The fourth-order valence-corrected chi connectivity index (χ4v) is 6.02. The van der Waals surface area contributed by atoms with Gasteiger partial charge in [-0.25, -0.2) is 18.0 Å². The van der Waals surface area contributed by atoms with Crippen molar-refractivity contribution >= 4 is 26.2 Å². The Kier molecular flexibility index (Phi) is 8.93. The SMILES string of the molecule is O=P(O)(Oc1ccc(CC(Cc2ccc(C(F)(F)P(=O)(O)O)cc2)(c2ccc(F)c(F)c2)n2nnc3ccccc32)cc1)C(F)F. The summed E-state index contributed by atoms with van der Waals surface area (Å²) in [6, 6.07) is 19.0. The van der Waals surface area contributed by atoms with Crippen LogP contribution in [-0.2, 0) is 33.2 Å². The Morgan fingerprint density at radius 2 is 1.35 bits per heavy atom. The summed E-state index contributed by atoms with van der Waals surface area (Å²) in [5.74, 6) is -2.71. The Morgan fingerprint density at radius 1 is 0.783 bits per heavy atom. The zero-order valence-electron chi connectivity index (χ0n) is 23.2. The lowest BCUT2D eigenvalue weighted by atomic mass is 9.78. The minimum Gasteiger partial charge on any atom is -0.421 e. The van der Waals surface area contributed by atoms with E-state index in [1.165, 1.54) is 35.0 Å². The quantitative estimate of drug-likeness (QED) is 0.100. The normalized spacial score (nSPS) is 15.1. The van der Waals surface area contributed by atoms with E-state index in [0.29, 0.717) is 22.2 Å². The van der Waals surface area contributed by atoms with Crippen LogP contribution in [0.4, 0.5) is 26.3 Å². The van der Waals surface area contributed by atoms with Gasteiger partial charge in [0.05, 0.1) is 11.1 Å². The van der Waals surface area contributed by atoms with Crippen molar-refractivity contribution in [2.45, 2.75) is 30.2 Å². The second kappa shape index (κ2) is 12.3. The van der Waals surface area contributed by atoms with Gasteiger partial charge >= 0.3 is 27.0 Å². The van der Waals surface area contributed by atoms with Crippen LogP contribution >= 0.6 is 15.2 Å². The molecule has 1 aromatic heterocycles. The van der Waals surface area contributed by atoms with Crippen LogP contribution in [0.1, 0.15) is 22.3 Å². The lowest BCUT2D eigenvalue weighted by molar-refractivity contribution is 0.0564. The largest absolute Gasteiger partial charge is 0.442 e. The molecular weight excluding hydrogens is 662 g/mol. The van der Waals surface area contributed by atoms with Crippen molar-refractivity contribution in [1.29, 1.82) is 0 Å². The molecule has 0 amide bonds. The standard InChI is InChI=1S/C29H23F6N3O6P2/c30-23-14-11-21(15-24(23)31)28(38-26-4-2-1-3-25(26)36-37-38,16-18-5-9-20(10-6-18)29(34,35)46(41,42)43)17-19-7-12-22(13-8-19)44-45(39,40)27(32)33/h1-15,27H,16-17H2,(H,39,40)(H2,41,42,43). The second-order valence-electron chi connectivity index (χ2n) is 10.4. The third-order valence-corrected chi connectivity index (χ3v) is 9.24. The van der Waals surface area contributed by atoms with Crippen LogP contribution in [0.25, 0.3) is 11.0 Å². The molecule has 0 aliphatic heterocycles. The second-order valence-corrected chi connectivity index (χ2v) is 13.7. The summed E-state index contributed by atoms with van der Waals surface area (Å²) in [5, 5.41) is 8.50. The predicted molar refractivity (Wildman–Crippen MR) is 154 cm³/mol. The average Bonchev–Trinajstić information content (AvgIpc) is 3.43. The average molecular weight is 685 g/mol. The molecule has 0 aliphatic rings. The highest BCUT2D eigenvalue weighted by Crippen LogP contribution is 2.59. The van der Waals surface area contributed by atoms with Crippen molar-refractivity contribution < 1.29 is 54.7 Å². The summed E-state index contributed by atoms with van der Waals surface area (Å²) in [5.41, 5.74) is -5.18. The first-order chi connectivity index (χ1) is 21.5. The summed E-state index contributed by atoms with van der Waals surface area (Å²) < 4.78 is 113. The molecule has 46 heavy (non-hydrogen) atoms. The van der Waals surface area contributed by atoms with Crippen molar-refractivity contribution in [2.24, 2.45) is 0 Å². The Morgan fingerprint density at radius 3 is 1.91 bits per heavy atom. The van der Waals surface area contributed by atoms with Gasteiger partial charge in [-0.15, -0.1) is 5.10 Å². The highest BCUT2D eigenvalue weighted by atomic mass is 31.2. The molecule has 2 atom stereocenters. The zero-order valence-corrected chi connectivity index (χ0v) is 25.0. The number of aromatic nitrogens is 3. The predicted octanol–water partition coefficient (Wildman–Crippen LogP) is 6.95. The maximum absolute atomic E-state index is 14.8. The van der Waals surface area contributed by atoms with Crippen molar-refractivity contribution in [1.82, 2.24) is 15.0 Å². The lowest BCUT2D eigenvalue weighted by Crippen LogP contribution is -2.41. The van der Waals surface area contributed by atoms with Crippen LogP contribution in [0.5, 0.6) is 5.75 Å². The molecule has 242 valence electrons. The van der Waals surface area contributed by atoms with Gasteiger partial charge in [0.25, 0.3) is 0 Å². The lowest BCUT2D eigenvalue weighted by Gasteiger charge is -2.36. The smallest absolute Gasteiger partial charge is 0.421 e. The first kappa shape index (κ1) is 33.4. The maximum Gasteiger partial charge on any atom is 0.442 e. The van der Waals surface area contributed by atoms with E-state index in [4.69, 9.17) is 9.79 Å². The van der Waals surface area contributed by atoms with Crippen LogP contribution in [0.3, 0.4) is 0 Å². The van der Waals surface area contributed by atoms with Crippen LogP contribution in [0.15, 0.2) is 91.0 Å². The molecule has 5 aromatic rings. The van der Waals surface area contributed by atoms with Crippen LogP contribution in [-0.4, -0.2) is 35.8 Å². The number of hydrogen-bond donors (Lipinski definition) is 3. The number of hydrogen-bond acceptors (Lipinski definition) is 5. The monoisotopic (exact) mass is 685 g/mol. The Balaban J connectivity index is 1.67. The van der Waals surface area contributed by atoms with Crippen molar-refractivity contribution in [3.8, 4) is 5.75 Å². The Labute approximate surface area is 256 Å². The van der Waals surface area contributed by atoms with Gasteiger partial charge < -0.3 is 19.2 Å². The third-order valence-electron chi connectivity index (χ3n) is 7.28. The molecule has 0 saturated heterocycles. The van der Waals surface area contributed by atoms with E-state index in [1.54, 1.807) is 24.3 Å². The van der Waals surface area contributed by atoms with Gasteiger partial charge in [-0.2, -0.15) is 17.6 Å². The molecule has 3 N–H and O–H groups in total. The van der Waals surface area contributed by atoms with E-state index in [9.17, 15) is 40.4 Å². The molecule has 0 bridgehead atoms. The van der Waals surface area contributed by atoms with Crippen molar-refractivity contribution in [3.63, 3.8) is 0 Å². The van der Waals surface area contributed by atoms with E-state index >= 15 is 0 Å². The molecule has 1 heterocycles. The van der Waals surface area contributed by atoms with Crippen LogP contribution in [0, 0.1) is 11.6 Å². The van der Waals surface area contributed by atoms with Gasteiger partial charge in [-0.1, -0.05) is 59.8 Å². The number of para-hydroxylation sites is 1. The molecule has 0 aliphatic carbocycles. The maximum atomic E-state index is 14.8. The number of rotatable bonds is 11. The number of alkyl halides is 4. The Bertz CT molecular complexity index is 1970. The molecule has 0 fully saturated rings. The van der Waals surface area contributed by atoms with E-state index in [-0.39, 0.29) is 24.2 Å². The molecular formula is C29H23F6N3O6P2. The summed E-state index contributed by atoms with van der Waals surface area (Å²) >= 11 is 0. The number of nitrogens with zero attached hydrogens (tertiary/aromatic N) is 3. The van der Waals surface area contributed by atoms with Crippen molar-refractivity contribution in [3.05, 3.63) is 125 Å². The highest BCUT2D eigenvalue weighted by molar-refractivity contribution is 7.53. The summed E-state index contributed by atoms with van der Waals surface area (Å²) in [7, 11) is -11.1. The highest BCUT2D eigenvalue weighted by Gasteiger charge is 2.50. The van der Waals surface area contributed by atoms with Gasteiger partial charge in [-0.3, -0.25) is 4.57 Å². The van der Waals surface area contributed by atoms with E-state index < -0.39 is 49.8 Å². The topological polar surface area (TPSA) is 135 Å². The third kappa shape index (κ3) is 6.47. The molecule has 5 rings (SSSR count). The summed E-state index contributed by atoms with van der Waals surface area (Å²) in [4.78, 5) is 27.7. The first-order valence-electron chi connectivity index (χ1n) is 13.2. The van der Waals surface area contributed by atoms with Gasteiger partial charge in [-0.05, 0) is 53.1 Å². The van der Waals surface area contributed by atoms with E-state index in [2.05, 4.69) is 14.8 Å². The van der Waals surface area contributed by atoms with Crippen molar-refractivity contribution in [2.75, 3.05) is 0 Å². The first-order valence-corrected chi connectivity index (χ1v) is 16.5. The van der Waals surface area contributed by atoms with E-state index in [1.807, 2.05) is 0 Å². The molecule has 0 radical (unpaired) electrons. The molecule has 17 heteroatoms. The minimum absolute atomic E-state index is 0.0995. The van der Waals surface area contributed by atoms with Gasteiger partial charge in [0.1, 0.15) is 11.3 Å². The molecule has 0 spiro atoms. The fraction of sp³-hybridized carbons (Fsp3) is 0.172. The number of benzene rings is 4. The zero-order chi connectivity index (χ0) is 33.5. The summed E-state index contributed by atoms with van der Waals surface area (Å²) in [6.45, 7) is 0. The van der Waals surface area contributed by atoms with Gasteiger partial charge in [0, 0.05) is 18.4 Å².